The zero-order valence-electron chi connectivity index (χ0n) is 11.2. The maximum absolute atomic E-state index is 12.6. The topological polar surface area (TPSA) is 32.3 Å². The predicted molar refractivity (Wildman–Crippen MR) is 81.0 cm³/mol. The van der Waals surface area contributed by atoms with Crippen LogP contribution in [0.2, 0.25) is 0 Å². The Balaban J connectivity index is 0.00000133. The van der Waals surface area contributed by atoms with Crippen LogP contribution in [0.3, 0.4) is 0 Å². The molecule has 1 aromatic heterocycles. The number of carbonyl (C=O) groups is 1. The molecular weight excluding hydrogens is 280 g/mol. The number of nitrogens with zero attached hydrogens (tertiary/aromatic N) is 1. The zero-order valence-corrected chi connectivity index (χ0v) is 12.9. The lowest BCUT2D eigenvalue weighted by atomic mass is 9.94. The van der Waals surface area contributed by atoms with Gasteiger partial charge in [0.15, 0.2) is 0 Å². The van der Waals surface area contributed by atoms with Crippen LogP contribution in [-0.2, 0) is 11.2 Å². The minimum absolute atomic E-state index is 0. The molecule has 19 heavy (non-hydrogen) atoms. The van der Waals surface area contributed by atoms with Crippen molar-refractivity contribution in [2.75, 3.05) is 19.6 Å². The quantitative estimate of drug-likeness (QED) is 0.865. The number of rotatable bonds is 1. The van der Waals surface area contributed by atoms with Crippen molar-refractivity contribution in [3.8, 4) is 0 Å². The van der Waals surface area contributed by atoms with Crippen molar-refractivity contribution >= 4 is 29.7 Å². The van der Waals surface area contributed by atoms with E-state index in [1.807, 2.05) is 11.3 Å². The first-order chi connectivity index (χ1) is 8.77. The molecule has 1 unspecified atom stereocenters. The van der Waals surface area contributed by atoms with E-state index in [0.29, 0.717) is 5.91 Å². The van der Waals surface area contributed by atoms with Gasteiger partial charge in [-0.15, -0.1) is 23.7 Å². The number of hydrogen-bond acceptors (Lipinski definition) is 3. The van der Waals surface area contributed by atoms with Crippen LogP contribution in [0, 0.1) is 5.92 Å². The Morgan fingerprint density at radius 3 is 3.11 bits per heavy atom. The van der Waals surface area contributed by atoms with Gasteiger partial charge in [-0.3, -0.25) is 4.79 Å². The molecular formula is C14H21ClN2OS. The molecule has 0 radical (unpaired) electrons. The van der Waals surface area contributed by atoms with Gasteiger partial charge < -0.3 is 10.2 Å². The van der Waals surface area contributed by atoms with E-state index in [1.165, 1.54) is 10.4 Å². The van der Waals surface area contributed by atoms with Gasteiger partial charge in [0.1, 0.15) is 0 Å². The molecule has 2 aliphatic rings. The summed E-state index contributed by atoms with van der Waals surface area (Å²) in [6.07, 6.45) is 3.21. The first-order valence-electron chi connectivity index (χ1n) is 6.85. The van der Waals surface area contributed by atoms with E-state index in [9.17, 15) is 4.79 Å². The molecule has 1 amide bonds. The van der Waals surface area contributed by atoms with E-state index in [1.54, 1.807) is 0 Å². The highest BCUT2D eigenvalue weighted by molar-refractivity contribution is 7.10. The van der Waals surface area contributed by atoms with Gasteiger partial charge in [0.2, 0.25) is 5.91 Å². The molecule has 2 atom stereocenters. The molecule has 3 heterocycles. The molecule has 0 aromatic carbocycles. The number of nitrogens with one attached hydrogen (secondary N) is 1. The molecule has 2 aliphatic heterocycles. The fraction of sp³-hybridized carbons (Fsp3) is 0.643. The smallest absolute Gasteiger partial charge is 0.227 e. The van der Waals surface area contributed by atoms with Crippen molar-refractivity contribution in [2.24, 2.45) is 5.92 Å². The fourth-order valence-corrected chi connectivity index (χ4v) is 4.07. The second-order valence-corrected chi connectivity index (χ2v) is 6.30. The summed E-state index contributed by atoms with van der Waals surface area (Å²) in [7, 11) is 0. The Labute approximate surface area is 124 Å². The standard InChI is InChI=1S/C14H20N2OS.ClH/c1-10-12-5-8-18-13(12)4-7-16(10)14(17)11-3-2-6-15-9-11;/h5,8,10-11,15H,2-4,6-7,9H2,1H3;1H/t10?,11-;/m1./s1. The molecule has 1 aromatic rings. The third kappa shape index (κ3) is 2.81. The van der Waals surface area contributed by atoms with Gasteiger partial charge >= 0.3 is 0 Å². The number of halogens is 1. The molecule has 0 spiro atoms. The Morgan fingerprint density at radius 2 is 2.37 bits per heavy atom. The van der Waals surface area contributed by atoms with Crippen molar-refractivity contribution in [2.45, 2.75) is 32.2 Å². The summed E-state index contributed by atoms with van der Waals surface area (Å²) in [5.41, 5.74) is 1.36. The van der Waals surface area contributed by atoms with Crippen molar-refractivity contribution in [3.05, 3.63) is 21.9 Å². The van der Waals surface area contributed by atoms with E-state index in [-0.39, 0.29) is 24.4 Å². The Kier molecular flexibility index (Phi) is 4.87. The highest BCUT2D eigenvalue weighted by Crippen LogP contribution is 2.34. The number of thiophene rings is 1. The third-order valence-corrected chi connectivity index (χ3v) is 5.20. The van der Waals surface area contributed by atoms with Gasteiger partial charge in [0.25, 0.3) is 0 Å². The first-order valence-corrected chi connectivity index (χ1v) is 7.73. The van der Waals surface area contributed by atoms with Crippen LogP contribution in [0.1, 0.15) is 36.2 Å². The summed E-state index contributed by atoms with van der Waals surface area (Å²) in [5.74, 6) is 0.549. The highest BCUT2D eigenvalue weighted by atomic mass is 35.5. The average molecular weight is 301 g/mol. The molecule has 0 bridgehead atoms. The SMILES string of the molecule is CC1c2ccsc2CCN1C(=O)[C@@H]1CCCNC1.Cl. The van der Waals surface area contributed by atoms with Crippen LogP contribution in [0.25, 0.3) is 0 Å². The number of amides is 1. The van der Waals surface area contributed by atoms with E-state index in [0.717, 1.165) is 38.9 Å². The van der Waals surface area contributed by atoms with Crippen molar-refractivity contribution in [3.63, 3.8) is 0 Å². The van der Waals surface area contributed by atoms with Crippen LogP contribution < -0.4 is 5.32 Å². The summed E-state index contributed by atoms with van der Waals surface area (Å²) >= 11 is 1.83. The molecule has 3 nitrogen and oxygen atoms in total. The summed E-state index contributed by atoms with van der Waals surface area (Å²) in [5, 5.41) is 5.49. The normalized spacial score (nSPS) is 26.5. The lowest BCUT2D eigenvalue weighted by molar-refractivity contribution is -0.138. The first kappa shape index (κ1) is 14.8. The minimum atomic E-state index is 0. The van der Waals surface area contributed by atoms with E-state index >= 15 is 0 Å². The van der Waals surface area contributed by atoms with Gasteiger partial charge in [-0.1, -0.05) is 0 Å². The van der Waals surface area contributed by atoms with Crippen molar-refractivity contribution in [1.82, 2.24) is 10.2 Å². The average Bonchev–Trinajstić information content (AvgIpc) is 2.89. The monoisotopic (exact) mass is 300 g/mol. The minimum Gasteiger partial charge on any atom is -0.335 e. The number of carbonyl (C=O) groups excluding carboxylic acids is 1. The molecule has 1 fully saturated rings. The maximum Gasteiger partial charge on any atom is 0.227 e. The van der Waals surface area contributed by atoms with Gasteiger partial charge in [-0.2, -0.15) is 0 Å². The van der Waals surface area contributed by atoms with Gasteiger partial charge in [-0.25, -0.2) is 0 Å². The van der Waals surface area contributed by atoms with E-state index < -0.39 is 0 Å². The summed E-state index contributed by atoms with van der Waals surface area (Å²) < 4.78 is 0. The predicted octanol–water partition coefficient (Wildman–Crippen LogP) is 2.62. The number of piperidine rings is 1. The Hall–Kier alpha value is -0.580. The fourth-order valence-electron chi connectivity index (χ4n) is 3.11. The molecule has 1 saturated heterocycles. The maximum atomic E-state index is 12.6. The number of fused-ring (bicyclic) bond motifs is 1. The lowest BCUT2D eigenvalue weighted by Crippen LogP contribution is -2.46. The zero-order chi connectivity index (χ0) is 12.5. The Bertz CT molecular complexity index is 442. The van der Waals surface area contributed by atoms with Crippen LogP contribution in [0.15, 0.2) is 11.4 Å². The summed E-state index contributed by atoms with van der Waals surface area (Å²) in [4.78, 5) is 16.1. The second kappa shape index (κ2) is 6.25. The van der Waals surface area contributed by atoms with Crippen molar-refractivity contribution in [1.29, 1.82) is 0 Å². The van der Waals surface area contributed by atoms with Gasteiger partial charge in [0.05, 0.1) is 12.0 Å². The van der Waals surface area contributed by atoms with Crippen molar-refractivity contribution < 1.29 is 4.79 Å². The summed E-state index contributed by atoms with van der Waals surface area (Å²) in [6.45, 7) is 4.98. The molecule has 0 aliphatic carbocycles. The van der Waals surface area contributed by atoms with Crippen LogP contribution in [-0.4, -0.2) is 30.4 Å². The largest absolute Gasteiger partial charge is 0.335 e. The van der Waals surface area contributed by atoms with E-state index in [2.05, 4.69) is 28.6 Å². The second-order valence-electron chi connectivity index (χ2n) is 5.30. The van der Waals surface area contributed by atoms with Gasteiger partial charge in [0, 0.05) is 18.0 Å². The van der Waals surface area contributed by atoms with Crippen LogP contribution >= 0.6 is 23.7 Å². The lowest BCUT2D eigenvalue weighted by Gasteiger charge is -2.37. The summed E-state index contributed by atoms with van der Waals surface area (Å²) in [6, 6.07) is 2.44. The van der Waals surface area contributed by atoms with Crippen LogP contribution in [0.5, 0.6) is 0 Å². The molecule has 1 N–H and O–H groups in total. The molecule has 3 rings (SSSR count). The number of hydrogen-bond donors (Lipinski definition) is 1. The highest BCUT2D eigenvalue weighted by Gasteiger charge is 2.32. The van der Waals surface area contributed by atoms with Gasteiger partial charge in [-0.05, 0) is 49.7 Å². The van der Waals surface area contributed by atoms with Crippen LogP contribution in [0.4, 0.5) is 0 Å². The molecule has 106 valence electrons. The molecule has 0 saturated carbocycles. The Morgan fingerprint density at radius 1 is 1.53 bits per heavy atom. The third-order valence-electron chi connectivity index (χ3n) is 4.21. The van der Waals surface area contributed by atoms with E-state index in [4.69, 9.17) is 0 Å². The molecule has 5 heteroatoms.